The van der Waals surface area contributed by atoms with Crippen LogP contribution in [0.2, 0.25) is 0 Å². The summed E-state index contributed by atoms with van der Waals surface area (Å²) < 4.78 is 12.8. The highest BCUT2D eigenvalue weighted by molar-refractivity contribution is 7.99. The maximum atomic E-state index is 12.8. The summed E-state index contributed by atoms with van der Waals surface area (Å²) in [6.07, 6.45) is -0.573. The van der Waals surface area contributed by atoms with Crippen LogP contribution in [0.15, 0.2) is 53.4 Å². The summed E-state index contributed by atoms with van der Waals surface area (Å²) in [5, 5.41) is 10.00. The molecule has 1 N–H and O–H groups in total. The Morgan fingerprint density at radius 3 is 2.56 bits per heavy atom. The van der Waals surface area contributed by atoms with Crippen LogP contribution in [0.5, 0.6) is 0 Å². The van der Waals surface area contributed by atoms with E-state index in [1.54, 1.807) is 23.9 Å². The molecule has 0 radical (unpaired) electrons. The van der Waals surface area contributed by atoms with Crippen molar-refractivity contribution in [2.75, 3.05) is 5.75 Å². The van der Waals surface area contributed by atoms with E-state index >= 15 is 0 Å². The molecule has 3 heteroatoms. The first-order valence-electron chi connectivity index (χ1n) is 5.78. The van der Waals surface area contributed by atoms with Crippen LogP contribution in [0, 0.1) is 12.7 Å². The molecule has 0 bridgehead atoms. The Hall–Kier alpha value is -1.32. The van der Waals surface area contributed by atoms with Gasteiger partial charge in [0.2, 0.25) is 0 Å². The predicted molar refractivity (Wildman–Crippen MR) is 73.3 cm³/mol. The summed E-state index contributed by atoms with van der Waals surface area (Å²) in [4.78, 5) is 1.14. The van der Waals surface area contributed by atoms with Gasteiger partial charge in [-0.1, -0.05) is 29.8 Å². The van der Waals surface area contributed by atoms with Gasteiger partial charge in [0.25, 0.3) is 0 Å². The van der Waals surface area contributed by atoms with E-state index in [1.165, 1.54) is 17.7 Å². The van der Waals surface area contributed by atoms with Crippen LogP contribution < -0.4 is 0 Å². The standard InChI is InChI=1S/C15H15FOS/c1-11-3-2-4-14(9-11)18-10-15(17)12-5-7-13(16)8-6-12/h2-9,15,17H,10H2,1H3. The molecule has 94 valence electrons. The molecule has 2 aromatic carbocycles. The van der Waals surface area contributed by atoms with Crippen LogP contribution in [0.3, 0.4) is 0 Å². The highest BCUT2D eigenvalue weighted by Crippen LogP contribution is 2.25. The number of rotatable bonds is 4. The van der Waals surface area contributed by atoms with Gasteiger partial charge in [-0.2, -0.15) is 0 Å². The summed E-state index contributed by atoms with van der Waals surface area (Å²) in [5.41, 5.74) is 1.95. The molecule has 2 rings (SSSR count). The number of hydrogen-bond donors (Lipinski definition) is 1. The summed E-state index contributed by atoms with van der Waals surface area (Å²) in [5.74, 6) is 0.284. The van der Waals surface area contributed by atoms with Crippen molar-refractivity contribution in [1.82, 2.24) is 0 Å². The Labute approximate surface area is 111 Å². The predicted octanol–water partition coefficient (Wildman–Crippen LogP) is 3.96. The Bertz CT molecular complexity index is 510. The van der Waals surface area contributed by atoms with E-state index in [2.05, 4.69) is 6.07 Å². The normalized spacial score (nSPS) is 12.4. The Morgan fingerprint density at radius 2 is 1.89 bits per heavy atom. The van der Waals surface area contributed by atoms with E-state index in [1.807, 2.05) is 25.1 Å². The van der Waals surface area contributed by atoms with Crippen LogP contribution in [0.25, 0.3) is 0 Å². The van der Waals surface area contributed by atoms with Crippen LogP contribution in [-0.2, 0) is 0 Å². The summed E-state index contributed by atoms with van der Waals surface area (Å²) in [6.45, 7) is 2.04. The van der Waals surface area contributed by atoms with Crippen LogP contribution in [0.4, 0.5) is 4.39 Å². The average molecular weight is 262 g/mol. The number of aliphatic hydroxyl groups excluding tert-OH is 1. The van der Waals surface area contributed by atoms with Crippen LogP contribution in [-0.4, -0.2) is 10.9 Å². The molecule has 0 fully saturated rings. The zero-order valence-corrected chi connectivity index (χ0v) is 11.0. The van der Waals surface area contributed by atoms with Crippen molar-refractivity contribution >= 4 is 11.8 Å². The number of thioether (sulfide) groups is 1. The minimum Gasteiger partial charge on any atom is -0.388 e. The molecule has 1 atom stereocenters. The van der Waals surface area contributed by atoms with E-state index in [4.69, 9.17) is 0 Å². The Kier molecular flexibility index (Phi) is 4.39. The van der Waals surface area contributed by atoms with E-state index in [0.29, 0.717) is 5.75 Å². The number of hydrogen-bond acceptors (Lipinski definition) is 2. The first kappa shape index (κ1) is 13.1. The van der Waals surface area contributed by atoms with Crippen LogP contribution >= 0.6 is 11.8 Å². The van der Waals surface area contributed by atoms with Crippen molar-refractivity contribution in [1.29, 1.82) is 0 Å². The van der Waals surface area contributed by atoms with Gasteiger partial charge in [-0.25, -0.2) is 4.39 Å². The maximum absolute atomic E-state index is 12.8. The maximum Gasteiger partial charge on any atom is 0.123 e. The fourth-order valence-electron chi connectivity index (χ4n) is 1.66. The molecule has 0 aliphatic rings. The lowest BCUT2D eigenvalue weighted by Crippen LogP contribution is -2.00. The van der Waals surface area contributed by atoms with Gasteiger partial charge in [0, 0.05) is 10.6 Å². The minimum atomic E-state index is -0.573. The third kappa shape index (κ3) is 3.59. The Morgan fingerprint density at radius 1 is 1.17 bits per heavy atom. The summed E-state index contributed by atoms with van der Waals surface area (Å²) in [6, 6.07) is 14.1. The highest BCUT2D eigenvalue weighted by atomic mass is 32.2. The lowest BCUT2D eigenvalue weighted by molar-refractivity contribution is 0.204. The monoisotopic (exact) mass is 262 g/mol. The van der Waals surface area contributed by atoms with Crippen molar-refractivity contribution in [3.63, 3.8) is 0 Å². The molecule has 0 amide bonds. The van der Waals surface area contributed by atoms with Gasteiger partial charge in [0.1, 0.15) is 5.82 Å². The van der Waals surface area contributed by atoms with Gasteiger partial charge >= 0.3 is 0 Å². The summed E-state index contributed by atoms with van der Waals surface area (Å²) in [7, 11) is 0. The second-order valence-electron chi connectivity index (χ2n) is 4.19. The van der Waals surface area contributed by atoms with E-state index < -0.39 is 6.10 Å². The van der Waals surface area contributed by atoms with E-state index in [-0.39, 0.29) is 5.82 Å². The zero-order chi connectivity index (χ0) is 13.0. The first-order valence-corrected chi connectivity index (χ1v) is 6.77. The third-order valence-electron chi connectivity index (χ3n) is 2.65. The molecule has 0 aliphatic carbocycles. The number of halogens is 1. The van der Waals surface area contributed by atoms with Gasteiger partial charge in [-0.3, -0.25) is 0 Å². The molecular weight excluding hydrogens is 247 g/mol. The topological polar surface area (TPSA) is 20.2 Å². The fourth-order valence-corrected chi connectivity index (χ4v) is 2.65. The second kappa shape index (κ2) is 6.03. The van der Waals surface area contributed by atoms with Crippen molar-refractivity contribution in [3.05, 3.63) is 65.5 Å². The molecule has 0 saturated heterocycles. The lowest BCUT2D eigenvalue weighted by atomic mass is 10.1. The second-order valence-corrected chi connectivity index (χ2v) is 5.29. The number of benzene rings is 2. The molecule has 0 aromatic heterocycles. The van der Waals surface area contributed by atoms with Gasteiger partial charge < -0.3 is 5.11 Å². The van der Waals surface area contributed by atoms with E-state index in [9.17, 15) is 9.50 Å². The molecule has 0 spiro atoms. The molecule has 0 heterocycles. The van der Waals surface area contributed by atoms with Gasteiger partial charge in [0.15, 0.2) is 0 Å². The molecule has 2 aromatic rings. The van der Waals surface area contributed by atoms with Crippen molar-refractivity contribution in [2.45, 2.75) is 17.9 Å². The van der Waals surface area contributed by atoms with Crippen molar-refractivity contribution in [3.8, 4) is 0 Å². The molecule has 0 saturated carbocycles. The Balaban J connectivity index is 1.96. The molecule has 1 unspecified atom stereocenters. The third-order valence-corrected chi connectivity index (χ3v) is 3.72. The smallest absolute Gasteiger partial charge is 0.123 e. The molecular formula is C15H15FOS. The first-order chi connectivity index (χ1) is 8.65. The number of aliphatic hydroxyl groups is 1. The van der Waals surface area contributed by atoms with E-state index in [0.717, 1.165) is 10.5 Å². The highest BCUT2D eigenvalue weighted by Gasteiger charge is 2.08. The average Bonchev–Trinajstić information content (AvgIpc) is 2.37. The van der Waals surface area contributed by atoms with Crippen molar-refractivity contribution in [2.24, 2.45) is 0 Å². The van der Waals surface area contributed by atoms with Gasteiger partial charge in [-0.05, 0) is 36.8 Å². The summed E-state index contributed by atoms with van der Waals surface area (Å²) >= 11 is 1.60. The SMILES string of the molecule is Cc1cccc(SCC(O)c2ccc(F)cc2)c1. The molecule has 0 aliphatic heterocycles. The van der Waals surface area contributed by atoms with Gasteiger partial charge in [-0.15, -0.1) is 11.8 Å². The molecule has 1 nitrogen and oxygen atoms in total. The van der Waals surface area contributed by atoms with Crippen LogP contribution in [0.1, 0.15) is 17.2 Å². The lowest BCUT2D eigenvalue weighted by Gasteiger charge is -2.10. The quantitative estimate of drug-likeness (QED) is 0.842. The fraction of sp³-hybridized carbons (Fsp3) is 0.200. The number of aryl methyl sites for hydroxylation is 1. The van der Waals surface area contributed by atoms with Gasteiger partial charge in [0.05, 0.1) is 6.10 Å². The minimum absolute atomic E-state index is 0.280. The zero-order valence-electron chi connectivity index (χ0n) is 10.1. The largest absolute Gasteiger partial charge is 0.388 e. The van der Waals surface area contributed by atoms with Crippen molar-refractivity contribution < 1.29 is 9.50 Å². The molecule has 18 heavy (non-hydrogen) atoms.